The highest BCUT2D eigenvalue weighted by atomic mass is 16.3. The number of nitrogens with one attached hydrogen (secondary N) is 1. The number of aliphatic hydroxyl groups excluding tert-OH is 1. The van der Waals surface area contributed by atoms with Gasteiger partial charge in [-0.25, -0.2) is 0 Å². The number of hydrogen-bond acceptors (Lipinski definition) is 4. The van der Waals surface area contributed by atoms with Gasteiger partial charge in [0.05, 0.1) is 5.69 Å². The number of primary amides is 1. The Kier molecular flexibility index (Phi) is 4.20. The molecule has 5 nitrogen and oxygen atoms in total. The zero-order chi connectivity index (χ0) is 11.3. The van der Waals surface area contributed by atoms with Crippen molar-refractivity contribution in [1.29, 1.82) is 0 Å². The Balaban J connectivity index is 2.38. The molecule has 1 aromatic rings. The summed E-state index contributed by atoms with van der Waals surface area (Å²) < 4.78 is 0. The molecule has 0 aliphatic heterocycles. The van der Waals surface area contributed by atoms with Crippen molar-refractivity contribution in [2.75, 3.05) is 6.54 Å². The van der Waals surface area contributed by atoms with Crippen LogP contribution in [0.2, 0.25) is 0 Å². The Hall–Kier alpha value is -1.46. The van der Waals surface area contributed by atoms with Crippen LogP contribution in [-0.2, 0) is 11.3 Å². The Bertz CT molecular complexity index is 341. The van der Waals surface area contributed by atoms with Gasteiger partial charge in [0.15, 0.2) is 0 Å². The molecule has 82 valence electrons. The van der Waals surface area contributed by atoms with Crippen molar-refractivity contribution in [2.24, 2.45) is 5.73 Å². The summed E-state index contributed by atoms with van der Waals surface area (Å²) in [5.41, 5.74) is 6.87. The number of rotatable bonds is 5. The molecule has 1 rings (SSSR count). The molecule has 5 heteroatoms. The predicted molar refractivity (Wildman–Crippen MR) is 55.9 cm³/mol. The van der Waals surface area contributed by atoms with Gasteiger partial charge >= 0.3 is 0 Å². The fourth-order valence-corrected chi connectivity index (χ4v) is 1.13. The highest BCUT2D eigenvalue weighted by Gasteiger charge is 2.09. The van der Waals surface area contributed by atoms with E-state index in [1.54, 1.807) is 6.20 Å². The fraction of sp³-hybridized carbons (Fsp3) is 0.400. The van der Waals surface area contributed by atoms with Crippen LogP contribution in [-0.4, -0.2) is 28.6 Å². The first-order chi connectivity index (χ1) is 7.11. The van der Waals surface area contributed by atoms with Crippen molar-refractivity contribution in [1.82, 2.24) is 10.3 Å². The van der Waals surface area contributed by atoms with E-state index in [1.165, 1.54) is 0 Å². The van der Waals surface area contributed by atoms with E-state index in [1.807, 2.05) is 19.1 Å². The SMILES string of the molecule is Cc1cccnc1CNCC(O)C(N)=O. The van der Waals surface area contributed by atoms with Crippen LogP contribution in [0.1, 0.15) is 11.3 Å². The van der Waals surface area contributed by atoms with Crippen molar-refractivity contribution >= 4 is 5.91 Å². The average molecular weight is 209 g/mol. The van der Waals surface area contributed by atoms with E-state index in [-0.39, 0.29) is 6.54 Å². The number of hydrogen-bond donors (Lipinski definition) is 3. The second-order valence-electron chi connectivity index (χ2n) is 3.32. The minimum atomic E-state index is -1.14. The lowest BCUT2D eigenvalue weighted by Crippen LogP contribution is -2.37. The lowest BCUT2D eigenvalue weighted by Gasteiger charge is -2.09. The lowest BCUT2D eigenvalue weighted by atomic mass is 10.2. The number of aromatic nitrogens is 1. The Morgan fingerprint density at radius 2 is 2.47 bits per heavy atom. The molecule has 15 heavy (non-hydrogen) atoms. The molecular weight excluding hydrogens is 194 g/mol. The molecule has 1 unspecified atom stereocenters. The number of amides is 1. The number of pyridine rings is 1. The first-order valence-electron chi connectivity index (χ1n) is 4.70. The summed E-state index contributed by atoms with van der Waals surface area (Å²) in [5.74, 6) is -0.722. The fourth-order valence-electron chi connectivity index (χ4n) is 1.13. The van der Waals surface area contributed by atoms with E-state index in [0.717, 1.165) is 11.3 Å². The Morgan fingerprint density at radius 1 is 1.73 bits per heavy atom. The second-order valence-corrected chi connectivity index (χ2v) is 3.32. The van der Waals surface area contributed by atoms with Crippen molar-refractivity contribution in [3.63, 3.8) is 0 Å². The van der Waals surface area contributed by atoms with Gasteiger partial charge in [0.2, 0.25) is 5.91 Å². The summed E-state index contributed by atoms with van der Waals surface area (Å²) in [4.78, 5) is 14.7. The number of carbonyl (C=O) groups excluding carboxylic acids is 1. The minimum Gasteiger partial charge on any atom is -0.382 e. The molecule has 1 atom stereocenters. The number of carbonyl (C=O) groups is 1. The molecule has 0 aliphatic rings. The normalized spacial score (nSPS) is 12.4. The maximum absolute atomic E-state index is 10.5. The summed E-state index contributed by atoms with van der Waals surface area (Å²) in [6.45, 7) is 2.61. The maximum atomic E-state index is 10.5. The van der Waals surface area contributed by atoms with Crippen LogP contribution in [0.3, 0.4) is 0 Å². The number of nitrogens with two attached hydrogens (primary N) is 1. The van der Waals surface area contributed by atoms with Crippen LogP contribution in [0.4, 0.5) is 0 Å². The van der Waals surface area contributed by atoms with E-state index in [0.29, 0.717) is 6.54 Å². The van der Waals surface area contributed by atoms with Crippen molar-refractivity contribution < 1.29 is 9.90 Å². The van der Waals surface area contributed by atoms with Crippen LogP contribution >= 0.6 is 0 Å². The smallest absolute Gasteiger partial charge is 0.247 e. The van der Waals surface area contributed by atoms with E-state index in [4.69, 9.17) is 10.8 Å². The van der Waals surface area contributed by atoms with Crippen LogP contribution in [0.5, 0.6) is 0 Å². The molecule has 0 saturated heterocycles. The molecule has 1 heterocycles. The lowest BCUT2D eigenvalue weighted by molar-refractivity contribution is -0.125. The second kappa shape index (κ2) is 5.43. The summed E-state index contributed by atoms with van der Waals surface area (Å²) in [7, 11) is 0. The van der Waals surface area contributed by atoms with E-state index >= 15 is 0 Å². The van der Waals surface area contributed by atoms with Crippen LogP contribution in [0, 0.1) is 6.92 Å². The van der Waals surface area contributed by atoms with Gasteiger partial charge in [-0.15, -0.1) is 0 Å². The van der Waals surface area contributed by atoms with E-state index in [9.17, 15) is 4.79 Å². The van der Waals surface area contributed by atoms with Crippen LogP contribution in [0.25, 0.3) is 0 Å². The largest absolute Gasteiger partial charge is 0.382 e. The highest BCUT2D eigenvalue weighted by Crippen LogP contribution is 2.01. The molecule has 0 aromatic carbocycles. The Labute approximate surface area is 88.3 Å². The molecule has 1 amide bonds. The number of nitrogens with zero attached hydrogens (tertiary/aromatic N) is 1. The molecule has 1 aromatic heterocycles. The summed E-state index contributed by atoms with van der Waals surface area (Å²) in [6.07, 6.45) is 0.558. The van der Waals surface area contributed by atoms with E-state index in [2.05, 4.69) is 10.3 Å². The maximum Gasteiger partial charge on any atom is 0.247 e. The zero-order valence-electron chi connectivity index (χ0n) is 8.60. The third-order valence-electron chi connectivity index (χ3n) is 2.08. The third kappa shape index (κ3) is 3.65. The summed E-state index contributed by atoms with van der Waals surface area (Å²) in [5, 5.41) is 12.0. The zero-order valence-corrected chi connectivity index (χ0v) is 8.60. The monoisotopic (exact) mass is 209 g/mol. The van der Waals surface area contributed by atoms with Gasteiger partial charge in [-0.05, 0) is 18.6 Å². The molecule has 0 spiro atoms. The van der Waals surface area contributed by atoms with Crippen molar-refractivity contribution in [3.05, 3.63) is 29.6 Å². The molecule has 0 aliphatic carbocycles. The first-order valence-corrected chi connectivity index (χ1v) is 4.70. The number of aryl methyl sites for hydroxylation is 1. The van der Waals surface area contributed by atoms with E-state index < -0.39 is 12.0 Å². The average Bonchev–Trinajstić information content (AvgIpc) is 2.20. The van der Waals surface area contributed by atoms with Crippen LogP contribution < -0.4 is 11.1 Å². The molecule has 0 bridgehead atoms. The van der Waals surface area contributed by atoms with Gasteiger partial charge in [-0.2, -0.15) is 0 Å². The standard InChI is InChI=1S/C10H15N3O2/c1-7-3-2-4-13-8(7)5-12-6-9(14)10(11)15/h2-4,9,12,14H,5-6H2,1H3,(H2,11,15). The van der Waals surface area contributed by atoms with Gasteiger partial charge in [-0.3, -0.25) is 9.78 Å². The van der Waals surface area contributed by atoms with Gasteiger partial charge in [0.25, 0.3) is 0 Å². The minimum absolute atomic E-state index is 0.144. The molecular formula is C10H15N3O2. The Morgan fingerprint density at radius 3 is 3.07 bits per heavy atom. The van der Waals surface area contributed by atoms with Crippen molar-refractivity contribution in [2.45, 2.75) is 19.6 Å². The van der Waals surface area contributed by atoms with Gasteiger partial charge in [0.1, 0.15) is 6.10 Å². The van der Waals surface area contributed by atoms with Gasteiger partial charge in [-0.1, -0.05) is 6.07 Å². The first kappa shape index (κ1) is 11.6. The molecule has 0 fully saturated rings. The predicted octanol–water partition coefficient (Wildman–Crippen LogP) is -0.674. The molecule has 0 radical (unpaired) electrons. The number of aliphatic hydroxyl groups is 1. The molecule has 4 N–H and O–H groups in total. The molecule has 0 saturated carbocycles. The topological polar surface area (TPSA) is 88.2 Å². The summed E-state index contributed by atoms with van der Waals surface area (Å²) >= 11 is 0. The third-order valence-corrected chi connectivity index (χ3v) is 2.08. The van der Waals surface area contributed by atoms with Gasteiger partial charge < -0.3 is 16.2 Å². The highest BCUT2D eigenvalue weighted by molar-refractivity contribution is 5.78. The van der Waals surface area contributed by atoms with Gasteiger partial charge in [0, 0.05) is 19.3 Å². The quantitative estimate of drug-likeness (QED) is 0.600. The summed E-state index contributed by atoms with van der Waals surface area (Å²) in [6, 6.07) is 3.81. The van der Waals surface area contributed by atoms with Crippen molar-refractivity contribution in [3.8, 4) is 0 Å². The van der Waals surface area contributed by atoms with Crippen LogP contribution in [0.15, 0.2) is 18.3 Å².